The molecule has 1 fully saturated rings. The number of hydrogen-bond donors (Lipinski definition) is 2. The van der Waals surface area contributed by atoms with Gasteiger partial charge in [-0.2, -0.15) is 0 Å². The van der Waals surface area contributed by atoms with E-state index in [4.69, 9.17) is 0 Å². The first-order valence-electron chi connectivity index (χ1n) is 6.47. The first-order valence-corrected chi connectivity index (χ1v) is 6.47. The first kappa shape index (κ1) is 12.6. The van der Waals surface area contributed by atoms with Crippen molar-refractivity contribution < 1.29 is 0 Å². The van der Waals surface area contributed by atoms with Gasteiger partial charge in [0.15, 0.2) is 0 Å². The van der Waals surface area contributed by atoms with Gasteiger partial charge in [0.1, 0.15) is 5.82 Å². The molecule has 1 saturated heterocycles. The molecule has 2 rings (SSSR count). The van der Waals surface area contributed by atoms with Gasteiger partial charge in [-0.25, -0.2) is 4.98 Å². The maximum atomic E-state index is 4.59. The van der Waals surface area contributed by atoms with Gasteiger partial charge in [0.25, 0.3) is 0 Å². The van der Waals surface area contributed by atoms with Crippen molar-refractivity contribution in [2.45, 2.75) is 39.7 Å². The Morgan fingerprint density at radius 1 is 1.24 bits per heavy atom. The summed E-state index contributed by atoms with van der Waals surface area (Å²) in [6, 6.07) is 0. The number of rotatable bonds is 3. The Bertz CT molecular complexity index is 355. The third kappa shape index (κ3) is 2.87. The largest absolute Gasteiger partial charge is 0.346 e. The Labute approximate surface area is 104 Å². The van der Waals surface area contributed by atoms with E-state index in [1.165, 1.54) is 5.69 Å². The van der Waals surface area contributed by atoms with E-state index in [2.05, 4.69) is 47.9 Å². The predicted molar refractivity (Wildman–Crippen MR) is 70.3 cm³/mol. The van der Waals surface area contributed by atoms with Crippen molar-refractivity contribution in [3.8, 4) is 0 Å². The maximum Gasteiger partial charge on any atom is 0.108 e. The molecule has 0 aliphatic carbocycles. The van der Waals surface area contributed by atoms with E-state index in [-0.39, 0.29) is 5.54 Å². The third-order valence-corrected chi connectivity index (χ3v) is 3.75. The summed E-state index contributed by atoms with van der Waals surface area (Å²) in [6.45, 7) is 13.2. The Morgan fingerprint density at radius 3 is 2.41 bits per heavy atom. The fourth-order valence-corrected chi connectivity index (χ4v) is 2.50. The van der Waals surface area contributed by atoms with Gasteiger partial charge in [-0.15, -0.1) is 0 Å². The molecular weight excluding hydrogens is 212 g/mol. The van der Waals surface area contributed by atoms with Crippen LogP contribution in [-0.2, 0) is 6.42 Å². The first-order chi connectivity index (χ1) is 7.99. The average Bonchev–Trinajstić information content (AvgIpc) is 2.58. The number of hydrogen-bond acceptors (Lipinski definition) is 3. The molecule has 96 valence electrons. The maximum absolute atomic E-state index is 4.59. The van der Waals surface area contributed by atoms with Crippen molar-refractivity contribution in [2.75, 3.05) is 26.2 Å². The van der Waals surface area contributed by atoms with Crippen LogP contribution in [-0.4, -0.2) is 46.6 Å². The van der Waals surface area contributed by atoms with Gasteiger partial charge in [0.2, 0.25) is 0 Å². The average molecular weight is 236 g/mol. The number of piperazine rings is 1. The van der Waals surface area contributed by atoms with Crippen LogP contribution >= 0.6 is 0 Å². The van der Waals surface area contributed by atoms with Crippen LogP contribution in [0.15, 0.2) is 0 Å². The van der Waals surface area contributed by atoms with Gasteiger partial charge in [-0.3, -0.25) is 4.90 Å². The number of aromatic nitrogens is 2. The number of nitrogens with zero attached hydrogens (tertiary/aromatic N) is 2. The van der Waals surface area contributed by atoms with Gasteiger partial charge in [-0.05, 0) is 27.7 Å². The lowest BCUT2D eigenvalue weighted by atomic mass is 9.97. The molecule has 0 atom stereocenters. The number of nitrogens with one attached hydrogen (secondary N) is 2. The van der Waals surface area contributed by atoms with Gasteiger partial charge in [-0.1, -0.05) is 0 Å². The molecule has 1 aliphatic heterocycles. The van der Waals surface area contributed by atoms with Crippen LogP contribution in [0.1, 0.15) is 31.1 Å². The van der Waals surface area contributed by atoms with Crippen LogP contribution in [0.25, 0.3) is 0 Å². The minimum absolute atomic E-state index is 0.179. The summed E-state index contributed by atoms with van der Waals surface area (Å²) in [5, 5.41) is 3.40. The fourth-order valence-electron chi connectivity index (χ4n) is 2.50. The Hall–Kier alpha value is -0.870. The Morgan fingerprint density at radius 2 is 1.88 bits per heavy atom. The predicted octanol–water partition coefficient (Wildman–Crippen LogP) is 1.25. The molecule has 0 aromatic carbocycles. The molecule has 0 bridgehead atoms. The lowest BCUT2D eigenvalue weighted by Crippen LogP contribution is -2.54. The van der Waals surface area contributed by atoms with Crippen molar-refractivity contribution in [3.63, 3.8) is 0 Å². The Kier molecular flexibility index (Phi) is 3.54. The highest BCUT2D eigenvalue weighted by molar-refractivity contribution is 5.12. The standard InChI is InChI=1S/C13H24N4/c1-10-11(2)16-12(15-10)9-13(3,4)17-7-5-14-6-8-17/h14H,5-9H2,1-4H3,(H,15,16). The zero-order valence-corrected chi connectivity index (χ0v) is 11.4. The molecule has 4 nitrogen and oxygen atoms in total. The molecule has 2 heterocycles. The lowest BCUT2D eigenvalue weighted by molar-refractivity contribution is 0.102. The summed E-state index contributed by atoms with van der Waals surface area (Å²) in [5.74, 6) is 1.11. The van der Waals surface area contributed by atoms with Crippen molar-refractivity contribution >= 4 is 0 Å². The fraction of sp³-hybridized carbons (Fsp3) is 0.769. The minimum Gasteiger partial charge on any atom is -0.346 e. The summed E-state index contributed by atoms with van der Waals surface area (Å²) in [4.78, 5) is 10.5. The van der Waals surface area contributed by atoms with Crippen molar-refractivity contribution in [1.82, 2.24) is 20.2 Å². The molecule has 0 spiro atoms. The van der Waals surface area contributed by atoms with Crippen LogP contribution < -0.4 is 5.32 Å². The van der Waals surface area contributed by atoms with Crippen LogP contribution in [0.2, 0.25) is 0 Å². The van der Waals surface area contributed by atoms with Crippen LogP contribution in [0.4, 0.5) is 0 Å². The SMILES string of the molecule is Cc1nc(CC(C)(C)N2CCNCC2)[nH]c1C. The third-order valence-electron chi connectivity index (χ3n) is 3.75. The zero-order chi connectivity index (χ0) is 12.5. The summed E-state index contributed by atoms with van der Waals surface area (Å²) >= 11 is 0. The lowest BCUT2D eigenvalue weighted by Gasteiger charge is -2.40. The molecule has 1 aromatic heterocycles. The highest BCUT2D eigenvalue weighted by Gasteiger charge is 2.29. The second-order valence-corrected chi connectivity index (χ2v) is 5.62. The van der Waals surface area contributed by atoms with E-state index in [9.17, 15) is 0 Å². The Balaban J connectivity index is 2.05. The van der Waals surface area contributed by atoms with Gasteiger partial charge in [0, 0.05) is 43.8 Å². The minimum atomic E-state index is 0.179. The summed E-state index contributed by atoms with van der Waals surface area (Å²) in [5.41, 5.74) is 2.49. The number of aromatic amines is 1. The van der Waals surface area contributed by atoms with Crippen molar-refractivity contribution in [1.29, 1.82) is 0 Å². The number of H-pyrrole nitrogens is 1. The van der Waals surface area contributed by atoms with Crippen LogP contribution in [0.5, 0.6) is 0 Å². The van der Waals surface area contributed by atoms with Gasteiger partial charge >= 0.3 is 0 Å². The topological polar surface area (TPSA) is 44.0 Å². The number of imidazole rings is 1. The zero-order valence-electron chi connectivity index (χ0n) is 11.4. The molecule has 1 aromatic rings. The summed E-state index contributed by atoms with van der Waals surface area (Å²) in [6.07, 6.45) is 0.988. The monoisotopic (exact) mass is 236 g/mol. The molecule has 17 heavy (non-hydrogen) atoms. The molecule has 2 N–H and O–H groups in total. The normalized spacial score (nSPS) is 18.6. The van der Waals surface area contributed by atoms with E-state index >= 15 is 0 Å². The van der Waals surface area contributed by atoms with Crippen LogP contribution in [0.3, 0.4) is 0 Å². The van der Waals surface area contributed by atoms with Crippen LogP contribution in [0, 0.1) is 13.8 Å². The van der Waals surface area contributed by atoms with Gasteiger partial charge in [0.05, 0.1) is 5.69 Å². The smallest absolute Gasteiger partial charge is 0.108 e. The van der Waals surface area contributed by atoms with E-state index < -0.39 is 0 Å². The summed E-state index contributed by atoms with van der Waals surface area (Å²) < 4.78 is 0. The number of aryl methyl sites for hydroxylation is 2. The van der Waals surface area contributed by atoms with E-state index in [1.807, 2.05) is 0 Å². The molecule has 0 amide bonds. The van der Waals surface area contributed by atoms with E-state index in [1.54, 1.807) is 0 Å². The highest BCUT2D eigenvalue weighted by Crippen LogP contribution is 2.20. The second kappa shape index (κ2) is 4.78. The molecule has 0 unspecified atom stereocenters. The van der Waals surface area contributed by atoms with E-state index in [0.717, 1.165) is 44.1 Å². The van der Waals surface area contributed by atoms with Gasteiger partial charge < -0.3 is 10.3 Å². The molecule has 0 saturated carbocycles. The highest BCUT2D eigenvalue weighted by atomic mass is 15.2. The quantitative estimate of drug-likeness (QED) is 0.830. The second-order valence-electron chi connectivity index (χ2n) is 5.62. The van der Waals surface area contributed by atoms with Crippen molar-refractivity contribution in [2.24, 2.45) is 0 Å². The van der Waals surface area contributed by atoms with E-state index in [0.29, 0.717) is 0 Å². The molecule has 1 aliphatic rings. The summed E-state index contributed by atoms with van der Waals surface area (Å²) in [7, 11) is 0. The van der Waals surface area contributed by atoms with Crippen molar-refractivity contribution in [3.05, 3.63) is 17.2 Å². The molecular formula is C13H24N4. The molecule has 0 radical (unpaired) electrons. The molecule has 4 heteroatoms.